The predicted octanol–water partition coefficient (Wildman–Crippen LogP) is 3.54. The first-order chi connectivity index (χ1) is 12.0. The Morgan fingerprint density at radius 3 is 2.52 bits per heavy atom. The standard InChI is InChI=1S/C20H24FNO3/c1-14(11-15(2)23)12-22-20(24)18-5-3-4-6-19(18)25-13-16-7-9-17(21)10-8-16/h3-10,14-15,23H,11-13H2,1-2H3,(H,22,24)/t14-,15+/m1/s1. The number of aliphatic hydroxyl groups excluding tert-OH is 1. The van der Waals surface area contributed by atoms with Crippen LogP contribution < -0.4 is 10.1 Å². The molecule has 2 aromatic carbocycles. The smallest absolute Gasteiger partial charge is 0.255 e. The van der Waals surface area contributed by atoms with E-state index >= 15 is 0 Å². The highest BCUT2D eigenvalue weighted by molar-refractivity contribution is 5.96. The second-order valence-corrected chi connectivity index (χ2v) is 6.31. The fourth-order valence-corrected chi connectivity index (χ4v) is 2.55. The summed E-state index contributed by atoms with van der Waals surface area (Å²) in [7, 11) is 0. The third-order valence-electron chi connectivity index (χ3n) is 3.79. The van der Waals surface area contributed by atoms with Crippen LogP contribution in [-0.2, 0) is 6.61 Å². The number of ether oxygens (including phenoxy) is 1. The predicted molar refractivity (Wildman–Crippen MR) is 95.0 cm³/mol. The van der Waals surface area contributed by atoms with Gasteiger partial charge < -0.3 is 15.2 Å². The number of carbonyl (C=O) groups is 1. The summed E-state index contributed by atoms with van der Waals surface area (Å²) in [5.41, 5.74) is 1.27. The number of hydrogen-bond acceptors (Lipinski definition) is 3. The summed E-state index contributed by atoms with van der Waals surface area (Å²) in [6.45, 7) is 4.44. The molecule has 2 atom stereocenters. The zero-order valence-electron chi connectivity index (χ0n) is 14.5. The van der Waals surface area contributed by atoms with Gasteiger partial charge in [-0.05, 0) is 49.1 Å². The summed E-state index contributed by atoms with van der Waals surface area (Å²) >= 11 is 0. The Morgan fingerprint density at radius 1 is 1.16 bits per heavy atom. The highest BCUT2D eigenvalue weighted by Crippen LogP contribution is 2.19. The Labute approximate surface area is 147 Å². The minimum absolute atomic E-state index is 0.177. The molecular weight excluding hydrogens is 321 g/mol. The molecule has 5 heteroatoms. The minimum Gasteiger partial charge on any atom is -0.488 e. The molecule has 0 unspecified atom stereocenters. The van der Waals surface area contributed by atoms with Gasteiger partial charge in [0.2, 0.25) is 0 Å². The topological polar surface area (TPSA) is 58.6 Å². The van der Waals surface area contributed by atoms with E-state index in [1.165, 1.54) is 12.1 Å². The van der Waals surface area contributed by atoms with Crippen LogP contribution in [0.15, 0.2) is 48.5 Å². The Kier molecular flexibility index (Phi) is 6.95. The maximum Gasteiger partial charge on any atom is 0.255 e. The van der Waals surface area contributed by atoms with Crippen molar-refractivity contribution in [3.8, 4) is 5.75 Å². The second-order valence-electron chi connectivity index (χ2n) is 6.31. The number of nitrogens with one attached hydrogen (secondary N) is 1. The highest BCUT2D eigenvalue weighted by atomic mass is 19.1. The molecule has 0 aliphatic carbocycles. The van der Waals surface area contributed by atoms with E-state index in [1.54, 1.807) is 43.3 Å². The van der Waals surface area contributed by atoms with Crippen LogP contribution in [-0.4, -0.2) is 23.7 Å². The Bertz CT molecular complexity index is 686. The normalized spacial score (nSPS) is 13.1. The molecule has 0 saturated heterocycles. The van der Waals surface area contributed by atoms with Crippen molar-refractivity contribution in [3.63, 3.8) is 0 Å². The molecule has 25 heavy (non-hydrogen) atoms. The number of rotatable bonds is 8. The number of para-hydroxylation sites is 1. The number of amides is 1. The molecule has 2 rings (SSSR count). The van der Waals surface area contributed by atoms with E-state index in [-0.39, 0.29) is 24.2 Å². The van der Waals surface area contributed by atoms with Crippen LogP contribution in [0.2, 0.25) is 0 Å². The van der Waals surface area contributed by atoms with Gasteiger partial charge in [0.25, 0.3) is 5.91 Å². The van der Waals surface area contributed by atoms with Crippen molar-refractivity contribution in [1.29, 1.82) is 0 Å². The summed E-state index contributed by atoms with van der Waals surface area (Å²) in [5.74, 6) is 0.144. The SMILES string of the molecule is C[C@@H](CNC(=O)c1ccccc1OCc1ccc(F)cc1)C[C@H](C)O. The monoisotopic (exact) mass is 345 g/mol. The lowest BCUT2D eigenvalue weighted by Gasteiger charge is -2.15. The Morgan fingerprint density at radius 2 is 1.84 bits per heavy atom. The Balaban J connectivity index is 1.96. The molecule has 2 aromatic rings. The molecule has 0 bridgehead atoms. The van der Waals surface area contributed by atoms with Crippen molar-refractivity contribution in [3.05, 3.63) is 65.5 Å². The third kappa shape index (κ3) is 6.19. The van der Waals surface area contributed by atoms with Crippen LogP contribution in [0.3, 0.4) is 0 Å². The van der Waals surface area contributed by atoms with Gasteiger partial charge in [-0.25, -0.2) is 4.39 Å². The van der Waals surface area contributed by atoms with Crippen molar-refractivity contribution < 1.29 is 19.0 Å². The Hall–Kier alpha value is -2.40. The average molecular weight is 345 g/mol. The van der Waals surface area contributed by atoms with Crippen LogP contribution in [0, 0.1) is 11.7 Å². The average Bonchev–Trinajstić information content (AvgIpc) is 2.59. The maximum atomic E-state index is 12.9. The first kappa shape index (κ1) is 18.9. The van der Waals surface area contributed by atoms with E-state index in [0.29, 0.717) is 24.3 Å². The van der Waals surface area contributed by atoms with Crippen molar-refractivity contribution >= 4 is 5.91 Å². The van der Waals surface area contributed by atoms with Crippen molar-refractivity contribution in [2.45, 2.75) is 33.0 Å². The van der Waals surface area contributed by atoms with Gasteiger partial charge in [-0.2, -0.15) is 0 Å². The van der Waals surface area contributed by atoms with Gasteiger partial charge in [0.15, 0.2) is 0 Å². The quantitative estimate of drug-likeness (QED) is 0.769. The lowest BCUT2D eigenvalue weighted by atomic mass is 10.0. The molecule has 0 spiro atoms. The van der Waals surface area contributed by atoms with Gasteiger partial charge in [0.05, 0.1) is 11.7 Å². The second kappa shape index (κ2) is 9.18. The van der Waals surface area contributed by atoms with Crippen LogP contribution in [0.25, 0.3) is 0 Å². The molecule has 0 heterocycles. The van der Waals surface area contributed by atoms with E-state index in [9.17, 15) is 14.3 Å². The molecule has 1 amide bonds. The summed E-state index contributed by atoms with van der Waals surface area (Å²) in [6, 6.07) is 13.1. The number of benzene rings is 2. The van der Waals surface area contributed by atoms with Crippen LogP contribution in [0.4, 0.5) is 4.39 Å². The molecule has 0 aromatic heterocycles. The molecule has 134 valence electrons. The fraction of sp³-hybridized carbons (Fsp3) is 0.350. The van der Waals surface area contributed by atoms with Gasteiger partial charge in [-0.15, -0.1) is 0 Å². The van der Waals surface area contributed by atoms with Gasteiger partial charge in [0, 0.05) is 6.54 Å². The molecule has 4 nitrogen and oxygen atoms in total. The van der Waals surface area contributed by atoms with E-state index in [2.05, 4.69) is 5.32 Å². The fourth-order valence-electron chi connectivity index (χ4n) is 2.55. The zero-order chi connectivity index (χ0) is 18.2. The molecule has 0 saturated carbocycles. The molecule has 0 aliphatic heterocycles. The number of aliphatic hydroxyl groups is 1. The summed E-state index contributed by atoms with van der Waals surface area (Å²) in [6.07, 6.45) is 0.237. The van der Waals surface area contributed by atoms with Crippen molar-refractivity contribution in [1.82, 2.24) is 5.32 Å². The highest BCUT2D eigenvalue weighted by Gasteiger charge is 2.14. The number of hydrogen-bond donors (Lipinski definition) is 2. The lowest BCUT2D eigenvalue weighted by Crippen LogP contribution is -2.29. The van der Waals surface area contributed by atoms with Gasteiger partial charge in [0.1, 0.15) is 18.2 Å². The first-order valence-corrected chi connectivity index (χ1v) is 8.38. The zero-order valence-corrected chi connectivity index (χ0v) is 14.5. The summed E-state index contributed by atoms with van der Waals surface area (Å²) in [5, 5.41) is 12.3. The third-order valence-corrected chi connectivity index (χ3v) is 3.79. The van der Waals surface area contributed by atoms with E-state index in [0.717, 1.165) is 5.56 Å². The maximum absolute atomic E-state index is 12.9. The van der Waals surface area contributed by atoms with E-state index < -0.39 is 6.10 Å². The van der Waals surface area contributed by atoms with Gasteiger partial charge in [-0.1, -0.05) is 31.2 Å². The number of halogens is 1. The first-order valence-electron chi connectivity index (χ1n) is 8.38. The van der Waals surface area contributed by atoms with E-state index in [4.69, 9.17) is 4.74 Å². The largest absolute Gasteiger partial charge is 0.488 e. The number of carbonyl (C=O) groups excluding carboxylic acids is 1. The van der Waals surface area contributed by atoms with Crippen molar-refractivity contribution in [2.24, 2.45) is 5.92 Å². The van der Waals surface area contributed by atoms with Gasteiger partial charge >= 0.3 is 0 Å². The summed E-state index contributed by atoms with van der Waals surface area (Å²) < 4.78 is 18.7. The van der Waals surface area contributed by atoms with Crippen molar-refractivity contribution in [2.75, 3.05) is 6.54 Å². The van der Waals surface area contributed by atoms with Crippen LogP contribution >= 0.6 is 0 Å². The van der Waals surface area contributed by atoms with Crippen LogP contribution in [0.1, 0.15) is 36.2 Å². The van der Waals surface area contributed by atoms with E-state index in [1.807, 2.05) is 6.92 Å². The molecule has 0 aliphatic rings. The van der Waals surface area contributed by atoms with Gasteiger partial charge in [-0.3, -0.25) is 4.79 Å². The lowest BCUT2D eigenvalue weighted by molar-refractivity contribution is 0.0935. The molecule has 0 fully saturated rings. The molecular formula is C20H24FNO3. The summed E-state index contributed by atoms with van der Waals surface area (Å²) in [4.78, 5) is 12.4. The van der Waals surface area contributed by atoms with Crippen LogP contribution in [0.5, 0.6) is 5.75 Å². The molecule has 0 radical (unpaired) electrons. The molecule has 2 N–H and O–H groups in total. The minimum atomic E-state index is -0.391.